The normalized spacial score (nSPS) is 13.6. The van der Waals surface area contributed by atoms with Crippen LogP contribution in [0.3, 0.4) is 0 Å². The van der Waals surface area contributed by atoms with E-state index in [1.54, 1.807) is 14.2 Å². The molecule has 2 rings (SSSR count). The highest BCUT2D eigenvalue weighted by Crippen LogP contribution is 2.26. The molecule has 2 aromatic rings. The van der Waals surface area contributed by atoms with E-state index in [1.807, 2.05) is 38.1 Å². The van der Waals surface area contributed by atoms with Gasteiger partial charge in [0.15, 0.2) is 29.1 Å². The summed E-state index contributed by atoms with van der Waals surface area (Å²) in [6.07, 6.45) is -0.154. The van der Waals surface area contributed by atoms with E-state index >= 15 is 0 Å². The van der Waals surface area contributed by atoms with Crippen molar-refractivity contribution in [3.63, 3.8) is 0 Å². The number of halogens is 2. The predicted octanol–water partition coefficient (Wildman–Crippen LogP) is 3.67. The highest BCUT2D eigenvalue weighted by atomic mass is 19.2. The standard InChI is InChI=1S/C20H25F2N3O2/c1-13(27-19-8-6-5-7-18(19)26-4)12-24-20(23-3)25-14(2)15-9-10-16(21)17(22)11-15/h5-11,13-14H,12H2,1-4H3,(H2,23,24,25). The first-order valence-electron chi connectivity index (χ1n) is 8.66. The summed E-state index contributed by atoms with van der Waals surface area (Å²) in [5, 5.41) is 6.30. The van der Waals surface area contributed by atoms with Crippen LogP contribution in [0.2, 0.25) is 0 Å². The predicted molar refractivity (Wildman–Crippen MR) is 102 cm³/mol. The van der Waals surface area contributed by atoms with Crippen molar-refractivity contribution in [1.29, 1.82) is 0 Å². The van der Waals surface area contributed by atoms with E-state index < -0.39 is 11.6 Å². The topological polar surface area (TPSA) is 54.9 Å². The van der Waals surface area contributed by atoms with Crippen LogP contribution < -0.4 is 20.1 Å². The second kappa shape index (κ2) is 9.75. The SMILES string of the molecule is CN=C(NCC(C)Oc1ccccc1OC)NC(C)c1ccc(F)c(F)c1. The maximum atomic E-state index is 13.4. The molecule has 0 aromatic heterocycles. The molecule has 0 amide bonds. The molecule has 0 heterocycles. The van der Waals surface area contributed by atoms with Crippen molar-refractivity contribution < 1.29 is 18.3 Å². The Hall–Kier alpha value is -2.83. The summed E-state index contributed by atoms with van der Waals surface area (Å²) in [5.41, 5.74) is 0.621. The minimum Gasteiger partial charge on any atom is -0.493 e. The molecule has 0 saturated heterocycles. The number of hydrogen-bond donors (Lipinski definition) is 2. The molecule has 146 valence electrons. The van der Waals surface area contributed by atoms with E-state index in [0.29, 0.717) is 29.6 Å². The Morgan fingerprint density at radius 2 is 1.78 bits per heavy atom. The summed E-state index contributed by atoms with van der Waals surface area (Å²) >= 11 is 0. The monoisotopic (exact) mass is 377 g/mol. The molecule has 0 spiro atoms. The average molecular weight is 377 g/mol. The van der Waals surface area contributed by atoms with Gasteiger partial charge < -0.3 is 20.1 Å². The zero-order valence-corrected chi connectivity index (χ0v) is 15.9. The van der Waals surface area contributed by atoms with Gasteiger partial charge in [-0.05, 0) is 43.7 Å². The lowest BCUT2D eigenvalue weighted by atomic mass is 10.1. The molecule has 5 nitrogen and oxygen atoms in total. The molecule has 2 N–H and O–H groups in total. The van der Waals surface area contributed by atoms with Crippen molar-refractivity contribution in [1.82, 2.24) is 10.6 Å². The lowest BCUT2D eigenvalue weighted by Gasteiger charge is -2.21. The minimum atomic E-state index is -0.872. The van der Waals surface area contributed by atoms with Crippen LogP contribution in [0.25, 0.3) is 0 Å². The molecule has 7 heteroatoms. The van der Waals surface area contributed by atoms with Gasteiger partial charge in [-0.15, -0.1) is 0 Å². The average Bonchev–Trinajstić information content (AvgIpc) is 2.67. The zero-order chi connectivity index (χ0) is 19.8. The van der Waals surface area contributed by atoms with Crippen molar-refractivity contribution >= 4 is 5.96 Å². The summed E-state index contributed by atoms with van der Waals surface area (Å²) in [6.45, 7) is 4.25. The molecular formula is C20H25F2N3O2. The third kappa shape index (κ3) is 5.84. The van der Waals surface area contributed by atoms with Crippen LogP contribution in [0.15, 0.2) is 47.5 Å². The Morgan fingerprint density at radius 3 is 2.41 bits per heavy atom. The second-order valence-electron chi connectivity index (χ2n) is 6.07. The summed E-state index contributed by atoms with van der Waals surface area (Å²) in [5.74, 6) is 0.118. The lowest BCUT2D eigenvalue weighted by molar-refractivity contribution is 0.213. The largest absolute Gasteiger partial charge is 0.493 e. The number of para-hydroxylation sites is 2. The first-order valence-corrected chi connectivity index (χ1v) is 8.66. The molecule has 2 unspecified atom stereocenters. The number of benzene rings is 2. The Bertz CT molecular complexity index is 784. The fraction of sp³-hybridized carbons (Fsp3) is 0.350. The number of hydrogen-bond acceptors (Lipinski definition) is 3. The van der Waals surface area contributed by atoms with Crippen LogP contribution in [-0.4, -0.2) is 32.8 Å². The van der Waals surface area contributed by atoms with E-state index in [9.17, 15) is 8.78 Å². The summed E-state index contributed by atoms with van der Waals surface area (Å²) in [4.78, 5) is 4.15. The Kier molecular flexibility index (Phi) is 7.40. The van der Waals surface area contributed by atoms with Crippen LogP contribution in [0, 0.1) is 11.6 Å². The lowest BCUT2D eigenvalue weighted by Crippen LogP contribution is -2.42. The molecule has 0 saturated carbocycles. The summed E-state index contributed by atoms with van der Waals surface area (Å²) in [7, 11) is 3.23. The number of aliphatic imine (C=N–C) groups is 1. The highest BCUT2D eigenvalue weighted by molar-refractivity contribution is 5.80. The van der Waals surface area contributed by atoms with Crippen LogP contribution in [-0.2, 0) is 0 Å². The number of nitrogens with one attached hydrogen (secondary N) is 2. The fourth-order valence-corrected chi connectivity index (χ4v) is 2.48. The van der Waals surface area contributed by atoms with E-state index in [2.05, 4.69) is 15.6 Å². The second-order valence-corrected chi connectivity index (χ2v) is 6.07. The number of methoxy groups -OCH3 is 1. The summed E-state index contributed by atoms with van der Waals surface area (Å²) in [6, 6.07) is 11.0. The van der Waals surface area contributed by atoms with Crippen LogP contribution in [0.5, 0.6) is 11.5 Å². The zero-order valence-electron chi connectivity index (χ0n) is 15.9. The molecule has 0 aliphatic heterocycles. The first kappa shape index (κ1) is 20.5. The van der Waals surface area contributed by atoms with Crippen molar-refractivity contribution in [3.05, 3.63) is 59.7 Å². The number of ether oxygens (including phenoxy) is 2. The van der Waals surface area contributed by atoms with Gasteiger partial charge in [0.05, 0.1) is 19.7 Å². The van der Waals surface area contributed by atoms with E-state index in [4.69, 9.17) is 9.47 Å². The minimum absolute atomic E-state index is 0.154. The maximum Gasteiger partial charge on any atom is 0.191 e. The molecule has 27 heavy (non-hydrogen) atoms. The Morgan fingerprint density at radius 1 is 1.07 bits per heavy atom. The van der Waals surface area contributed by atoms with E-state index in [0.717, 1.165) is 6.07 Å². The third-order valence-electron chi connectivity index (χ3n) is 3.97. The van der Waals surface area contributed by atoms with Gasteiger partial charge >= 0.3 is 0 Å². The smallest absolute Gasteiger partial charge is 0.191 e. The number of guanidine groups is 1. The molecule has 0 fully saturated rings. The van der Waals surface area contributed by atoms with Crippen molar-refractivity contribution in [2.45, 2.75) is 26.0 Å². The Balaban J connectivity index is 1.90. The molecule has 2 aromatic carbocycles. The van der Waals surface area contributed by atoms with Gasteiger partial charge in [0.1, 0.15) is 6.10 Å². The van der Waals surface area contributed by atoms with Crippen molar-refractivity contribution in [2.75, 3.05) is 20.7 Å². The first-order chi connectivity index (χ1) is 12.9. The number of nitrogens with zero attached hydrogens (tertiary/aromatic N) is 1. The third-order valence-corrected chi connectivity index (χ3v) is 3.97. The Labute approximate surface area is 158 Å². The van der Waals surface area contributed by atoms with Gasteiger partial charge in [0.25, 0.3) is 0 Å². The van der Waals surface area contributed by atoms with Crippen LogP contribution in [0.1, 0.15) is 25.5 Å². The van der Waals surface area contributed by atoms with Gasteiger partial charge in [-0.1, -0.05) is 18.2 Å². The van der Waals surface area contributed by atoms with Gasteiger partial charge in [0.2, 0.25) is 0 Å². The van der Waals surface area contributed by atoms with Crippen molar-refractivity contribution in [3.8, 4) is 11.5 Å². The van der Waals surface area contributed by atoms with Crippen LogP contribution in [0.4, 0.5) is 8.78 Å². The maximum absolute atomic E-state index is 13.4. The molecule has 0 aliphatic rings. The van der Waals surface area contributed by atoms with E-state index in [-0.39, 0.29) is 12.1 Å². The molecule has 0 bridgehead atoms. The molecule has 0 radical (unpaired) electrons. The fourth-order valence-electron chi connectivity index (χ4n) is 2.48. The van der Waals surface area contributed by atoms with Gasteiger partial charge in [-0.3, -0.25) is 4.99 Å². The van der Waals surface area contributed by atoms with Crippen molar-refractivity contribution in [2.24, 2.45) is 4.99 Å². The van der Waals surface area contributed by atoms with E-state index in [1.165, 1.54) is 12.1 Å². The van der Waals surface area contributed by atoms with Gasteiger partial charge in [0, 0.05) is 7.05 Å². The van der Waals surface area contributed by atoms with Gasteiger partial charge in [-0.25, -0.2) is 8.78 Å². The van der Waals surface area contributed by atoms with Gasteiger partial charge in [-0.2, -0.15) is 0 Å². The summed E-state index contributed by atoms with van der Waals surface area (Å²) < 4.78 is 37.6. The quantitative estimate of drug-likeness (QED) is 0.571. The molecule has 2 atom stereocenters. The molecular weight excluding hydrogens is 352 g/mol. The highest BCUT2D eigenvalue weighted by Gasteiger charge is 2.13. The van der Waals surface area contributed by atoms with Crippen LogP contribution >= 0.6 is 0 Å². The number of rotatable bonds is 7. The molecule has 0 aliphatic carbocycles.